The molecule has 5 heteroatoms. The fraction of sp³-hybridized carbons (Fsp3) is 0.632. The summed E-state index contributed by atoms with van der Waals surface area (Å²) < 4.78 is 33.3. The minimum atomic E-state index is -0.565. The molecule has 1 aromatic carbocycles. The molecule has 0 aromatic heterocycles. The van der Waals surface area contributed by atoms with E-state index in [9.17, 15) is 13.6 Å². The number of nitrogens with one attached hydrogen (secondary N) is 1. The largest absolute Gasteiger partial charge is 0.376 e. The lowest BCUT2D eigenvalue weighted by Crippen LogP contribution is -2.47. The first kappa shape index (κ1) is 17.3. The molecule has 0 aliphatic heterocycles. The Morgan fingerprint density at radius 1 is 1.29 bits per heavy atom. The lowest BCUT2D eigenvalue weighted by Gasteiger charge is -2.38. The summed E-state index contributed by atoms with van der Waals surface area (Å²) in [6, 6.07) is 3.83. The van der Waals surface area contributed by atoms with Crippen LogP contribution in [0.15, 0.2) is 18.2 Å². The van der Waals surface area contributed by atoms with Gasteiger partial charge in [-0.2, -0.15) is 0 Å². The molecule has 0 spiro atoms. The van der Waals surface area contributed by atoms with Crippen LogP contribution >= 0.6 is 0 Å². The van der Waals surface area contributed by atoms with Gasteiger partial charge in [0.05, 0.1) is 5.60 Å². The second-order valence-corrected chi connectivity index (χ2v) is 7.37. The molecule has 2 aliphatic rings. The van der Waals surface area contributed by atoms with Gasteiger partial charge >= 0.3 is 0 Å². The molecule has 132 valence electrons. The molecule has 0 radical (unpaired) electrons. The molecule has 2 atom stereocenters. The van der Waals surface area contributed by atoms with Crippen LogP contribution in [0, 0.1) is 23.5 Å². The van der Waals surface area contributed by atoms with Gasteiger partial charge in [0, 0.05) is 31.1 Å². The number of rotatable bonds is 5. The molecule has 0 unspecified atom stereocenters. The van der Waals surface area contributed by atoms with E-state index in [4.69, 9.17) is 4.74 Å². The number of hydrogen-bond acceptors (Lipinski definition) is 2. The third-order valence-corrected chi connectivity index (χ3v) is 5.70. The third kappa shape index (κ3) is 3.46. The van der Waals surface area contributed by atoms with Crippen LogP contribution in [0.1, 0.15) is 50.5 Å². The van der Waals surface area contributed by atoms with Crippen molar-refractivity contribution in [1.82, 2.24) is 5.32 Å². The van der Waals surface area contributed by atoms with Crippen molar-refractivity contribution in [3.8, 4) is 0 Å². The Hall–Kier alpha value is -1.49. The second-order valence-electron chi connectivity index (χ2n) is 7.37. The fourth-order valence-electron chi connectivity index (χ4n) is 3.79. The van der Waals surface area contributed by atoms with E-state index in [0.29, 0.717) is 18.9 Å². The van der Waals surface area contributed by atoms with Crippen LogP contribution in [0.25, 0.3) is 0 Å². The topological polar surface area (TPSA) is 38.3 Å². The van der Waals surface area contributed by atoms with E-state index in [-0.39, 0.29) is 28.9 Å². The highest BCUT2D eigenvalue weighted by atomic mass is 19.1. The molecule has 2 fully saturated rings. The number of ether oxygens (including phenoxy) is 1. The Morgan fingerprint density at radius 2 is 1.92 bits per heavy atom. The normalized spacial score (nSPS) is 32.4. The molecule has 24 heavy (non-hydrogen) atoms. The molecule has 3 rings (SSSR count). The molecule has 1 amide bonds. The van der Waals surface area contributed by atoms with Crippen LogP contribution in [0.4, 0.5) is 8.78 Å². The van der Waals surface area contributed by atoms with Gasteiger partial charge in [-0.15, -0.1) is 0 Å². The first-order chi connectivity index (χ1) is 11.5. The lowest BCUT2D eigenvalue weighted by atomic mass is 9.79. The molecule has 1 aromatic rings. The molecule has 3 nitrogen and oxygen atoms in total. The van der Waals surface area contributed by atoms with Gasteiger partial charge in [-0.3, -0.25) is 4.79 Å². The van der Waals surface area contributed by atoms with Gasteiger partial charge in [0.25, 0.3) is 0 Å². The van der Waals surface area contributed by atoms with E-state index in [0.717, 1.165) is 25.7 Å². The third-order valence-electron chi connectivity index (χ3n) is 5.70. The highest BCUT2D eigenvalue weighted by Crippen LogP contribution is 2.49. The van der Waals surface area contributed by atoms with Crippen molar-refractivity contribution in [2.75, 3.05) is 13.7 Å². The molecule has 2 aliphatic carbocycles. The maximum atomic E-state index is 13.8. The van der Waals surface area contributed by atoms with Gasteiger partial charge in [-0.25, -0.2) is 8.78 Å². The number of carbonyl (C=O) groups excluding carboxylic acids is 1. The Kier molecular flexibility index (Phi) is 4.90. The smallest absolute Gasteiger partial charge is 0.223 e. The Bertz CT molecular complexity index is 591. The lowest BCUT2D eigenvalue weighted by molar-refractivity contribution is -0.124. The summed E-state index contributed by atoms with van der Waals surface area (Å²) in [4.78, 5) is 12.4. The quantitative estimate of drug-likeness (QED) is 0.888. The van der Waals surface area contributed by atoms with Gasteiger partial charge in [-0.1, -0.05) is 13.0 Å². The molecule has 0 bridgehead atoms. The molecular weight excluding hydrogens is 312 g/mol. The second kappa shape index (κ2) is 6.79. The Morgan fingerprint density at radius 3 is 2.50 bits per heavy atom. The molecule has 0 heterocycles. The van der Waals surface area contributed by atoms with Crippen LogP contribution in [-0.4, -0.2) is 25.2 Å². The van der Waals surface area contributed by atoms with E-state index in [1.807, 2.05) is 0 Å². The van der Waals surface area contributed by atoms with Crippen LogP contribution in [-0.2, 0) is 9.53 Å². The highest BCUT2D eigenvalue weighted by Gasteiger charge is 2.47. The number of halogens is 2. The van der Waals surface area contributed by atoms with Gasteiger partial charge in [-0.05, 0) is 50.2 Å². The van der Waals surface area contributed by atoms with Crippen molar-refractivity contribution >= 4 is 5.91 Å². The van der Waals surface area contributed by atoms with Crippen molar-refractivity contribution in [3.63, 3.8) is 0 Å². The molecule has 2 saturated carbocycles. The summed E-state index contributed by atoms with van der Waals surface area (Å²) in [6.07, 6.45) is 4.55. The summed E-state index contributed by atoms with van der Waals surface area (Å²) in [6.45, 7) is 2.70. The van der Waals surface area contributed by atoms with Gasteiger partial charge in [0.15, 0.2) is 0 Å². The van der Waals surface area contributed by atoms with Gasteiger partial charge in [0.1, 0.15) is 11.6 Å². The zero-order valence-electron chi connectivity index (χ0n) is 14.3. The fourth-order valence-corrected chi connectivity index (χ4v) is 3.79. The van der Waals surface area contributed by atoms with Gasteiger partial charge < -0.3 is 10.1 Å². The van der Waals surface area contributed by atoms with Crippen LogP contribution < -0.4 is 5.32 Å². The number of amides is 1. The van der Waals surface area contributed by atoms with E-state index < -0.39 is 11.6 Å². The van der Waals surface area contributed by atoms with E-state index in [1.54, 1.807) is 7.11 Å². The van der Waals surface area contributed by atoms with Gasteiger partial charge in [0.2, 0.25) is 5.91 Å². The zero-order valence-corrected chi connectivity index (χ0v) is 14.3. The highest BCUT2D eigenvalue weighted by molar-refractivity contribution is 5.83. The predicted octanol–water partition coefficient (Wildman–Crippen LogP) is 3.78. The molecule has 0 saturated heterocycles. The van der Waals surface area contributed by atoms with Crippen LogP contribution in [0.2, 0.25) is 0 Å². The first-order valence-corrected chi connectivity index (χ1v) is 8.72. The number of carbonyl (C=O) groups is 1. The average molecular weight is 337 g/mol. The zero-order chi connectivity index (χ0) is 17.3. The van der Waals surface area contributed by atoms with Crippen molar-refractivity contribution in [2.45, 2.75) is 50.5 Å². The van der Waals surface area contributed by atoms with Crippen molar-refractivity contribution in [1.29, 1.82) is 0 Å². The van der Waals surface area contributed by atoms with E-state index >= 15 is 0 Å². The average Bonchev–Trinajstić information content (AvgIpc) is 3.35. The maximum absolute atomic E-state index is 13.8. The summed E-state index contributed by atoms with van der Waals surface area (Å²) in [5, 5.41) is 2.95. The summed E-state index contributed by atoms with van der Waals surface area (Å²) >= 11 is 0. The minimum Gasteiger partial charge on any atom is -0.376 e. The SMILES string of the molecule is COC1(CNC(=O)[C@@H]2C[C@@H]2c2c(F)cccc2F)CCC(C)CC1. The molecular formula is C19H25F2NO2. The van der Waals surface area contributed by atoms with Crippen molar-refractivity contribution in [2.24, 2.45) is 11.8 Å². The minimum absolute atomic E-state index is 0.0468. The monoisotopic (exact) mass is 337 g/mol. The Labute approximate surface area is 141 Å². The number of methoxy groups -OCH3 is 1. The van der Waals surface area contributed by atoms with Crippen molar-refractivity contribution in [3.05, 3.63) is 35.4 Å². The van der Waals surface area contributed by atoms with E-state index in [1.165, 1.54) is 18.2 Å². The van der Waals surface area contributed by atoms with Crippen LogP contribution in [0.5, 0.6) is 0 Å². The number of benzene rings is 1. The van der Waals surface area contributed by atoms with E-state index in [2.05, 4.69) is 12.2 Å². The van der Waals surface area contributed by atoms with Crippen molar-refractivity contribution < 1.29 is 18.3 Å². The number of hydrogen-bond donors (Lipinski definition) is 1. The summed E-state index contributed by atoms with van der Waals surface area (Å²) in [5.74, 6) is -1.25. The maximum Gasteiger partial charge on any atom is 0.223 e. The first-order valence-electron chi connectivity index (χ1n) is 8.72. The Balaban J connectivity index is 1.57. The molecule has 1 N–H and O–H groups in total. The van der Waals surface area contributed by atoms with Crippen LogP contribution in [0.3, 0.4) is 0 Å². The summed E-state index contributed by atoms with van der Waals surface area (Å²) in [5.41, 5.74) is -0.249. The standard InChI is InChI=1S/C19H25F2NO2/c1-12-6-8-19(24-2,9-7-12)11-22-18(23)14-10-13(14)17-15(20)4-3-5-16(17)21/h3-5,12-14H,6-11H2,1-2H3,(H,22,23)/t12?,13-,14+,19?/m0/s1. The summed E-state index contributed by atoms with van der Waals surface area (Å²) in [7, 11) is 1.69. The predicted molar refractivity (Wildman–Crippen MR) is 87.6 cm³/mol.